The Morgan fingerprint density at radius 2 is 0.917 bits per heavy atom. The highest BCUT2D eigenvalue weighted by Crippen LogP contribution is 2.38. The quantitative estimate of drug-likeness (QED) is 0.248. The minimum atomic E-state index is 0.193. The van der Waals surface area contributed by atoms with Crippen molar-refractivity contribution in [1.82, 2.24) is 9.13 Å². The molecular formula is C32H28N2O2. The number of aromatic nitrogens is 2. The summed E-state index contributed by atoms with van der Waals surface area (Å²) in [5.74, 6) is 1.91. The molecule has 0 unspecified atom stereocenters. The first-order chi connectivity index (χ1) is 17.7. The van der Waals surface area contributed by atoms with E-state index in [1.165, 1.54) is 32.9 Å². The zero-order valence-electron chi connectivity index (χ0n) is 20.7. The van der Waals surface area contributed by atoms with E-state index in [1.807, 2.05) is 24.3 Å². The number of fused-ring (bicyclic) bond motifs is 2. The predicted octanol–water partition coefficient (Wildman–Crippen LogP) is 7.74. The van der Waals surface area contributed by atoms with Crippen molar-refractivity contribution in [3.8, 4) is 22.9 Å². The van der Waals surface area contributed by atoms with E-state index in [2.05, 4.69) is 101 Å². The monoisotopic (exact) mass is 472 g/mol. The molecule has 2 heterocycles. The predicted molar refractivity (Wildman–Crippen MR) is 147 cm³/mol. The van der Waals surface area contributed by atoms with Crippen molar-refractivity contribution in [3.63, 3.8) is 0 Å². The lowest BCUT2D eigenvalue weighted by atomic mass is 9.92. The molecule has 0 saturated heterocycles. The summed E-state index contributed by atoms with van der Waals surface area (Å²) in [6, 6.07) is 33.8. The molecule has 0 aliphatic carbocycles. The largest absolute Gasteiger partial charge is 0.497 e. The SMILES string of the molecule is COc1ccc(-n2cc(C(C)c3cn(-c4ccc(OC)cc4)c4ccccc34)c3ccccc32)cc1. The first-order valence-electron chi connectivity index (χ1n) is 12.2. The van der Waals surface area contributed by atoms with Gasteiger partial charge in [0.05, 0.1) is 25.3 Å². The standard InChI is InChI=1S/C32H28N2O2/c1-22(29-20-33(31-10-6-4-8-27(29)31)23-12-16-25(35-2)17-13-23)30-21-34(32-11-7-5-9-28(30)32)24-14-18-26(36-3)19-15-24/h4-22H,1-3H3. The van der Waals surface area contributed by atoms with Crippen molar-refractivity contribution < 1.29 is 9.47 Å². The van der Waals surface area contributed by atoms with Gasteiger partial charge in [-0.1, -0.05) is 43.3 Å². The van der Waals surface area contributed by atoms with Gasteiger partial charge in [0, 0.05) is 40.5 Å². The summed E-state index contributed by atoms with van der Waals surface area (Å²) < 4.78 is 15.3. The van der Waals surface area contributed by atoms with Gasteiger partial charge in [0.25, 0.3) is 0 Å². The molecule has 0 aliphatic heterocycles. The van der Waals surface area contributed by atoms with Crippen molar-refractivity contribution in [2.24, 2.45) is 0 Å². The van der Waals surface area contributed by atoms with E-state index in [0.717, 1.165) is 22.9 Å². The van der Waals surface area contributed by atoms with Crippen LogP contribution >= 0.6 is 0 Å². The van der Waals surface area contributed by atoms with Crippen LogP contribution in [0.15, 0.2) is 109 Å². The van der Waals surface area contributed by atoms with Crippen LogP contribution in [0.4, 0.5) is 0 Å². The summed E-state index contributed by atoms with van der Waals surface area (Å²) in [5.41, 5.74) is 7.24. The number of benzene rings is 4. The van der Waals surface area contributed by atoms with Crippen LogP contribution in [0.2, 0.25) is 0 Å². The third kappa shape index (κ3) is 3.62. The maximum absolute atomic E-state index is 5.37. The van der Waals surface area contributed by atoms with Crippen molar-refractivity contribution in [2.45, 2.75) is 12.8 Å². The molecule has 0 fully saturated rings. The van der Waals surface area contributed by atoms with Gasteiger partial charge in [-0.25, -0.2) is 0 Å². The molecule has 0 amide bonds. The Kier molecular flexibility index (Phi) is 5.49. The van der Waals surface area contributed by atoms with E-state index in [-0.39, 0.29) is 5.92 Å². The average Bonchev–Trinajstić information content (AvgIpc) is 3.52. The number of hydrogen-bond donors (Lipinski definition) is 0. The molecule has 0 spiro atoms. The van der Waals surface area contributed by atoms with Gasteiger partial charge in [0.2, 0.25) is 0 Å². The van der Waals surface area contributed by atoms with E-state index < -0.39 is 0 Å². The maximum Gasteiger partial charge on any atom is 0.119 e. The Hall–Kier alpha value is -4.44. The lowest BCUT2D eigenvalue weighted by Gasteiger charge is -2.10. The molecular weight excluding hydrogens is 444 g/mol. The summed E-state index contributed by atoms with van der Waals surface area (Å²) in [7, 11) is 3.39. The highest BCUT2D eigenvalue weighted by atomic mass is 16.5. The molecule has 2 aromatic heterocycles. The van der Waals surface area contributed by atoms with E-state index in [0.29, 0.717) is 0 Å². The fourth-order valence-corrected chi connectivity index (χ4v) is 5.18. The molecule has 6 rings (SSSR count). The summed E-state index contributed by atoms with van der Waals surface area (Å²) >= 11 is 0. The van der Waals surface area contributed by atoms with Gasteiger partial charge >= 0.3 is 0 Å². The molecule has 36 heavy (non-hydrogen) atoms. The molecule has 0 atom stereocenters. The van der Waals surface area contributed by atoms with Crippen LogP contribution in [-0.4, -0.2) is 23.4 Å². The van der Waals surface area contributed by atoms with Crippen molar-refractivity contribution >= 4 is 21.8 Å². The van der Waals surface area contributed by atoms with Gasteiger partial charge in [-0.15, -0.1) is 0 Å². The Balaban J connectivity index is 1.50. The summed E-state index contributed by atoms with van der Waals surface area (Å²) in [5, 5.41) is 2.53. The lowest BCUT2D eigenvalue weighted by Crippen LogP contribution is -1.96. The topological polar surface area (TPSA) is 28.3 Å². The van der Waals surface area contributed by atoms with Gasteiger partial charge in [0.1, 0.15) is 11.5 Å². The zero-order chi connectivity index (χ0) is 24.6. The van der Waals surface area contributed by atoms with E-state index in [1.54, 1.807) is 14.2 Å². The first-order valence-corrected chi connectivity index (χ1v) is 12.2. The molecule has 4 nitrogen and oxygen atoms in total. The fourth-order valence-electron chi connectivity index (χ4n) is 5.18. The first kappa shape index (κ1) is 22.1. The number of ether oxygens (including phenoxy) is 2. The maximum atomic E-state index is 5.37. The van der Waals surface area contributed by atoms with Crippen LogP contribution in [0.1, 0.15) is 24.0 Å². The molecule has 4 aromatic carbocycles. The molecule has 0 bridgehead atoms. The molecule has 0 N–H and O–H groups in total. The Morgan fingerprint density at radius 1 is 0.528 bits per heavy atom. The van der Waals surface area contributed by atoms with Crippen molar-refractivity contribution in [3.05, 3.63) is 121 Å². The second kappa shape index (κ2) is 8.97. The minimum absolute atomic E-state index is 0.193. The van der Waals surface area contributed by atoms with Gasteiger partial charge in [-0.05, 0) is 71.8 Å². The highest BCUT2D eigenvalue weighted by molar-refractivity contribution is 5.90. The molecule has 4 heteroatoms. The van der Waals surface area contributed by atoms with E-state index in [4.69, 9.17) is 9.47 Å². The Bertz CT molecular complexity index is 1530. The molecule has 6 aromatic rings. The number of methoxy groups -OCH3 is 2. The van der Waals surface area contributed by atoms with Crippen molar-refractivity contribution in [1.29, 1.82) is 0 Å². The van der Waals surface area contributed by atoms with Crippen LogP contribution in [-0.2, 0) is 0 Å². The van der Waals surface area contributed by atoms with Gasteiger partial charge in [0.15, 0.2) is 0 Å². The lowest BCUT2D eigenvalue weighted by molar-refractivity contribution is 0.414. The zero-order valence-corrected chi connectivity index (χ0v) is 20.7. The Labute approximate surface area is 210 Å². The minimum Gasteiger partial charge on any atom is -0.497 e. The second-order valence-corrected chi connectivity index (χ2v) is 9.06. The Morgan fingerprint density at radius 3 is 1.31 bits per heavy atom. The summed E-state index contributed by atoms with van der Waals surface area (Å²) in [6.45, 7) is 2.31. The van der Waals surface area contributed by atoms with Crippen LogP contribution in [0.5, 0.6) is 11.5 Å². The number of nitrogens with zero attached hydrogens (tertiary/aromatic N) is 2. The molecule has 0 saturated carbocycles. The average molecular weight is 473 g/mol. The number of para-hydroxylation sites is 2. The van der Waals surface area contributed by atoms with E-state index in [9.17, 15) is 0 Å². The summed E-state index contributed by atoms with van der Waals surface area (Å²) in [4.78, 5) is 0. The smallest absolute Gasteiger partial charge is 0.119 e. The van der Waals surface area contributed by atoms with Crippen molar-refractivity contribution in [2.75, 3.05) is 14.2 Å². The summed E-state index contributed by atoms with van der Waals surface area (Å²) in [6.07, 6.45) is 4.58. The third-order valence-electron chi connectivity index (χ3n) is 7.12. The van der Waals surface area contributed by atoms with Gasteiger partial charge < -0.3 is 18.6 Å². The number of hydrogen-bond acceptors (Lipinski definition) is 2. The molecule has 178 valence electrons. The normalized spacial score (nSPS) is 11.4. The van der Waals surface area contributed by atoms with Gasteiger partial charge in [-0.3, -0.25) is 0 Å². The van der Waals surface area contributed by atoms with Crippen LogP contribution < -0.4 is 9.47 Å². The second-order valence-electron chi connectivity index (χ2n) is 9.06. The third-order valence-corrected chi connectivity index (χ3v) is 7.12. The molecule has 0 aliphatic rings. The van der Waals surface area contributed by atoms with Crippen LogP contribution in [0, 0.1) is 0 Å². The van der Waals surface area contributed by atoms with Crippen LogP contribution in [0.25, 0.3) is 33.2 Å². The van der Waals surface area contributed by atoms with Gasteiger partial charge in [-0.2, -0.15) is 0 Å². The highest BCUT2D eigenvalue weighted by Gasteiger charge is 2.21. The van der Waals surface area contributed by atoms with Crippen LogP contribution in [0.3, 0.4) is 0 Å². The number of rotatable bonds is 6. The van der Waals surface area contributed by atoms with E-state index >= 15 is 0 Å². The molecule has 0 radical (unpaired) electrons. The fraction of sp³-hybridized carbons (Fsp3) is 0.125.